The molecule has 2 rings (SSSR count). The van der Waals surface area contributed by atoms with Crippen LogP contribution in [-0.4, -0.2) is 18.6 Å². The van der Waals surface area contributed by atoms with E-state index >= 15 is 0 Å². The quantitative estimate of drug-likeness (QED) is 0.801. The topological polar surface area (TPSA) is 52.3 Å². The molecule has 0 radical (unpaired) electrons. The highest BCUT2D eigenvalue weighted by Gasteiger charge is 2.20. The monoisotopic (exact) mass is 261 g/mol. The first kappa shape index (κ1) is 14.1. The third-order valence-electron chi connectivity index (χ3n) is 3.83. The average molecular weight is 261 g/mol. The molecular weight excluding hydrogens is 238 g/mol. The van der Waals surface area contributed by atoms with Gasteiger partial charge < -0.3 is 10.5 Å². The second-order valence-corrected chi connectivity index (χ2v) is 5.41. The molecular formula is C16H23NO2. The predicted molar refractivity (Wildman–Crippen MR) is 75.7 cm³/mol. The number of aryl methyl sites for hydroxylation is 1. The SMILES string of the molecule is N[C@@H](CCc1ccccc1)C(=O)OCC1CCCC1. The van der Waals surface area contributed by atoms with Gasteiger partial charge in [-0.25, -0.2) is 0 Å². The molecule has 3 heteroatoms. The number of hydrogen-bond donors (Lipinski definition) is 1. The first-order valence-corrected chi connectivity index (χ1v) is 7.22. The average Bonchev–Trinajstić information content (AvgIpc) is 2.96. The van der Waals surface area contributed by atoms with Crippen LogP contribution < -0.4 is 5.73 Å². The molecule has 1 atom stereocenters. The minimum atomic E-state index is -0.499. The van der Waals surface area contributed by atoms with Gasteiger partial charge in [0.25, 0.3) is 0 Å². The molecule has 2 N–H and O–H groups in total. The highest BCUT2D eigenvalue weighted by molar-refractivity contribution is 5.75. The Labute approximate surface area is 115 Å². The molecule has 0 aliphatic heterocycles. The normalized spacial score (nSPS) is 17.3. The molecule has 0 bridgehead atoms. The van der Waals surface area contributed by atoms with Gasteiger partial charge in [-0.15, -0.1) is 0 Å². The predicted octanol–water partition coefficient (Wildman–Crippen LogP) is 2.68. The maximum atomic E-state index is 11.8. The van der Waals surface area contributed by atoms with Gasteiger partial charge in [0.15, 0.2) is 0 Å². The van der Waals surface area contributed by atoms with Crippen LogP contribution in [0, 0.1) is 5.92 Å². The molecule has 3 nitrogen and oxygen atoms in total. The fourth-order valence-corrected chi connectivity index (χ4v) is 2.57. The van der Waals surface area contributed by atoms with Crippen molar-refractivity contribution in [2.24, 2.45) is 11.7 Å². The molecule has 1 saturated carbocycles. The van der Waals surface area contributed by atoms with E-state index in [1.807, 2.05) is 18.2 Å². The number of ether oxygens (including phenoxy) is 1. The molecule has 0 aromatic heterocycles. The minimum absolute atomic E-state index is 0.247. The van der Waals surface area contributed by atoms with Gasteiger partial charge in [0.05, 0.1) is 6.61 Å². The van der Waals surface area contributed by atoms with Crippen molar-refractivity contribution in [2.75, 3.05) is 6.61 Å². The van der Waals surface area contributed by atoms with E-state index in [0.29, 0.717) is 18.9 Å². The molecule has 1 aliphatic rings. The van der Waals surface area contributed by atoms with Crippen molar-refractivity contribution in [3.8, 4) is 0 Å². The number of carbonyl (C=O) groups excluding carboxylic acids is 1. The van der Waals surface area contributed by atoms with Crippen LogP contribution in [0.4, 0.5) is 0 Å². The van der Waals surface area contributed by atoms with Gasteiger partial charge in [0.1, 0.15) is 6.04 Å². The Morgan fingerprint density at radius 3 is 2.63 bits per heavy atom. The van der Waals surface area contributed by atoms with Crippen LogP contribution in [-0.2, 0) is 16.0 Å². The van der Waals surface area contributed by atoms with Crippen molar-refractivity contribution in [1.82, 2.24) is 0 Å². The number of nitrogens with two attached hydrogens (primary N) is 1. The Balaban J connectivity index is 1.67. The summed E-state index contributed by atoms with van der Waals surface area (Å²) in [6, 6.07) is 9.59. The number of esters is 1. The lowest BCUT2D eigenvalue weighted by Gasteiger charge is -2.14. The third-order valence-corrected chi connectivity index (χ3v) is 3.83. The van der Waals surface area contributed by atoms with Crippen molar-refractivity contribution in [1.29, 1.82) is 0 Å². The molecule has 104 valence electrons. The smallest absolute Gasteiger partial charge is 0.322 e. The Bertz CT molecular complexity index is 385. The molecule has 1 aromatic rings. The van der Waals surface area contributed by atoms with Crippen LogP contribution in [0.2, 0.25) is 0 Å². The zero-order chi connectivity index (χ0) is 13.5. The molecule has 0 saturated heterocycles. The summed E-state index contributed by atoms with van der Waals surface area (Å²) in [4.78, 5) is 11.8. The summed E-state index contributed by atoms with van der Waals surface area (Å²) in [5.41, 5.74) is 7.09. The minimum Gasteiger partial charge on any atom is -0.464 e. The Morgan fingerprint density at radius 2 is 1.95 bits per heavy atom. The number of hydrogen-bond acceptors (Lipinski definition) is 3. The highest BCUT2D eigenvalue weighted by Crippen LogP contribution is 2.24. The van der Waals surface area contributed by atoms with Gasteiger partial charge >= 0.3 is 5.97 Å². The summed E-state index contributed by atoms with van der Waals surface area (Å²) in [5, 5.41) is 0. The van der Waals surface area contributed by atoms with Crippen LogP contribution in [0.5, 0.6) is 0 Å². The zero-order valence-electron chi connectivity index (χ0n) is 11.4. The third kappa shape index (κ3) is 4.67. The van der Waals surface area contributed by atoms with Gasteiger partial charge in [-0.2, -0.15) is 0 Å². The van der Waals surface area contributed by atoms with Crippen LogP contribution in [0.3, 0.4) is 0 Å². The van der Waals surface area contributed by atoms with E-state index in [0.717, 1.165) is 6.42 Å². The lowest BCUT2D eigenvalue weighted by molar-refractivity contribution is -0.146. The molecule has 0 unspecified atom stereocenters. The first-order valence-electron chi connectivity index (χ1n) is 7.22. The second kappa shape index (κ2) is 7.29. The molecule has 0 amide bonds. The molecule has 1 aliphatic carbocycles. The summed E-state index contributed by atoms with van der Waals surface area (Å²) >= 11 is 0. The van der Waals surface area contributed by atoms with E-state index in [9.17, 15) is 4.79 Å². The summed E-state index contributed by atoms with van der Waals surface area (Å²) in [7, 11) is 0. The number of carbonyl (C=O) groups is 1. The highest BCUT2D eigenvalue weighted by atomic mass is 16.5. The molecule has 1 fully saturated rings. The largest absolute Gasteiger partial charge is 0.464 e. The zero-order valence-corrected chi connectivity index (χ0v) is 11.4. The fourth-order valence-electron chi connectivity index (χ4n) is 2.57. The standard InChI is InChI=1S/C16H23NO2/c17-15(11-10-13-6-2-1-3-7-13)16(18)19-12-14-8-4-5-9-14/h1-3,6-7,14-15H,4-5,8-12,17H2/t15-/m0/s1. The van der Waals surface area contributed by atoms with Gasteiger partial charge in [-0.1, -0.05) is 43.2 Å². The fraction of sp³-hybridized carbons (Fsp3) is 0.562. The van der Waals surface area contributed by atoms with Gasteiger partial charge in [-0.3, -0.25) is 4.79 Å². The first-order chi connectivity index (χ1) is 9.25. The van der Waals surface area contributed by atoms with Crippen LogP contribution in [0.15, 0.2) is 30.3 Å². The Kier molecular flexibility index (Phi) is 5.40. The summed E-state index contributed by atoms with van der Waals surface area (Å²) in [5.74, 6) is 0.313. The number of rotatable bonds is 6. The maximum Gasteiger partial charge on any atom is 0.322 e. The van der Waals surface area contributed by atoms with E-state index in [1.165, 1.54) is 31.2 Å². The van der Waals surface area contributed by atoms with E-state index in [2.05, 4.69) is 12.1 Å². The lowest BCUT2D eigenvalue weighted by atomic mass is 10.1. The van der Waals surface area contributed by atoms with Crippen molar-refractivity contribution >= 4 is 5.97 Å². The van der Waals surface area contributed by atoms with Gasteiger partial charge in [0, 0.05) is 0 Å². The van der Waals surface area contributed by atoms with Crippen molar-refractivity contribution in [3.05, 3.63) is 35.9 Å². The number of benzene rings is 1. The van der Waals surface area contributed by atoms with Crippen molar-refractivity contribution < 1.29 is 9.53 Å². The summed E-state index contributed by atoms with van der Waals surface area (Å²) < 4.78 is 5.31. The van der Waals surface area contributed by atoms with E-state index in [4.69, 9.17) is 10.5 Å². The lowest BCUT2D eigenvalue weighted by Crippen LogP contribution is -2.33. The van der Waals surface area contributed by atoms with Gasteiger partial charge in [0.2, 0.25) is 0 Å². The summed E-state index contributed by atoms with van der Waals surface area (Å²) in [6.07, 6.45) is 6.37. The molecule has 0 spiro atoms. The Morgan fingerprint density at radius 1 is 1.26 bits per heavy atom. The van der Waals surface area contributed by atoms with Crippen LogP contribution in [0.1, 0.15) is 37.7 Å². The van der Waals surface area contributed by atoms with Gasteiger partial charge in [-0.05, 0) is 37.2 Å². The maximum absolute atomic E-state index is 11.8. The Hall–Kier alpha value is -1.35. The molecule has 1 aromatic carbocycles. The molecule has 0 heterocycles. The second-order valence-electron chi connectivity index (χ2n) is 5.41. The van der Waals surface area contributed by atoms with E-state index in [-0.39, 0.29) is 5.97 Å². The van der Waals surface area contributed by atoms with Crippen LogP contribution >= 0.6 is 0 Å². The van der Waals surface area contributed by atoms with Crippen molar-refractivity contribution in [2.45, 2.75) is 44.6 Å². The van der Waals surface area contributed by atoms with Crippen LogP contribution in [0.25, 0.3) is 0 Å². The summed E-state index contributed by atoms with van der Waals surface area (Å²) in [6.45, 7) is 0.553. The molecule has 19 heavy (non-hydrogen) atoms. The van der Waals surface area contributed by atoms with E-state index < -0.39 is 6.04 Å². The van der Waals surface area contributed by atoms with E-state index in [1.54, 1.807) is 0 Å². The van der Waals surface area contributed by atoms with Crippen molar-refractivity contribution in [3.63, 3.8) is 0 Å².